The Labute approximate surface area is 207 Å². The van der Waals surface area contributed by atoms with Crippen molar-refractivity contribution in [2.24, 2.45) is 0 Å². The van der Waals surface area contributed by atoms with Gasteiger partial charge in [-0.2, -0.15) is 0 Å². The second-order valence-corrected chi connectivity index (χ2v) is 8.85. The summed E-state index contributed by atoms with van der Waals surface area (Å²) in [5.74, 6) is -0.315. The number of ether oxygens (including phenoxy) is 1. The number of carbonyl (C=O) groups is 2. The maximum atomic E-state index is 12.6. The number of rotatable bonds is 7. The van der Waals surface area contributed by atoms with Crippen LogP contribution in [0.2, 0.25) is 0 Å². The van der Waals surface area contributed by atoms with Crippen LogP contribution >= 0.6 is 0 Å². The third-order valence-corrected chi connectivity index (χ3v) is 6.66. The van der Waals surface area contributed by atoms with Gasteiger partial charge in [-0.05, 0) is 37.1 Å². The topological polar surface area (TPSA) is 134 Å². The SMILES string of the molecule is O=C(NCCc1cnc[nH]1)c1ccc(N2CCC(N3C(=O)OCc4ccccc43)CC2)c(N(O)O)c1. The van der Waals surface area contributed by atoms with Crippen molar-refractivity contribution in [1.82, 2.24) is 15.3 Å². The standard InChI is InChI=1S/C25H28N6O5/c32-24(27-10-7-19-14-26-16-28-19)17-5-6-22(23(13-17)31(34)35)29-11-8-20(9-12-29)30-21-4-2-1-3-18(21)15-36-25(30)33/h1-6,13-14,16,20,34-35H,7-12,15H2,(H,26,28)(H,27,32). The lowest BCUT2D eigenvalue weighted by Crippen LogP contribution is -2.49. The van der Waals surface area contributed by atoms with E-state index >= 15 is 0 Å². The first-order valence-corrected chi connectivity index (χ1v) is 11.9. The van der Waals surface area contributed by atoms with E-state index in [1.807, 2.05) is 29.2 Å². The number of fused-ring (bicyclic) bond motifs is 1. The van der Waals surface area contributed by atoms with Gasteiger partial charge in [-0.3, -0.25) is 20.1 Å². The molecule has 0 radical (unpaired) electrons. The van der Waals surface area contributed by atoms with Gasteiger partial charge in [0.05, 0.1) is 17.7 Å². The zero-order chi connectivity index (χ0) is 25.1. The number of imidazole rings is 1. The molecular formula is C25H28N6O5. The largest absolute Gasteiger partial charge is 0.444 e. The summed E-state index contributed by atoms with van der Waals surface area (Å²) < 4.78 is 5.37. The lowest BCUT2D eigenvalue weighted by Gasteiger charge is -2.41. The molecule has 36 heavy (non-hydrogen) atoms. The molecule has 0 aliphatic carbocycles. The van der Waals surface area contributed by atoms with Gasteiger partial charge in [0.25, 0.3) is 5.91 Å². The average molecular weight is 493 g/mol. The summed E-state index contributed by atoms with van der Waals surface area (Å²) in [5, 5.41) is 22.7. The molecule has 188 valence electrons. The highest BCUT2D eigenvalue weighted by molar-refractivity contribution is 5.96. The molecular weight excluding hydrogens is 464 g/mol. The van der Waals surface area contributed by atoms with E-state index in [-0.39, 0.29) is 35.6 Å². The summed E-state index contributed by atoms with van der Waals surface area (Å²) in [7, 11) is 0. The highest BCUT2D eigenvalue weighted by atomic mass is 16.8. The van der Waals surface area contributed by atoms with Crippen LogP contribution in [0.1, 0.15) is 34.5 Å². The van der Waals surface area contributed by atoms with E-state index in [1.165, 1.54) is 6.07 Å². The summed E-state index contributed by atoms with van der Waals surface area (Å²) in [6.45, 7) is 1.87. The normalized spacial score (nSPS) is 15.9. The number of nitrogens with zero attached hydrogens (tertiary/aromatic N) is 4. The van der Waals surface area contributed by atoms with Crippen LogP contribution in [-0.2, 0) is 17.8 Å². The number of hydrogen-bond acceptors (Lipinski definition) is 8. The number of para-hydroxylation sites is 1. The van der Waals surface area contributed by atoms with Gasteiger partial charge in [-0.1, -0.05) is 18.2 Å². The first-order chi connectivity index (χ1) is 17.5. The number of anilines is 3. The Balaban J connectivity index is 1.25. The summed E-state index contributed by atoms with van der Waals surface area (Å²) >= 11 is 0. The van der Waals surface area contributed by atoms with Crippen LogP contribution in [0.25, 0.3) is 0 Å². The van der Waals surface area contributed by atoms with E-state index in [1.54, 1.807) is 29.6 Å². The first kappa shape index (κ1) is 23.6. The quantitative estimate of drug-likeness (QED) is 0.370. The minimum Gasteiger partial charge on any atom is -0.444 e. The maximum Gasteiger partial charge on any atom is 0.414 e. The lowest BCUT2D eigenvalue weighted by atomic mass is 9.99. The van der Waals surface area contributed by atoms with Crippen LogP contribution in [-0.4, -0.2) is 58.1 Å². The Morgan fingerprint density at radius 1 is 1.17 bits per heavy atom. The summed E-state index contributed by atoms with van der Waals surface area (Å²) in [6.07, 6.45) is 4.90. The molecule has 5 rings (SSSR count). The molecule has 1 aromatic heterocycles. The van der Waals surface area contributed by atoms with Crippen molar-refractivity contribution >= 4 is 29.1 Å². The van der Waals surface area contributed by atoms with Crippen molar-refractivity contribution in [1.29, 1.82) is 0 Å². The molecule has 11 nitrogen and oxygen atoms in total. The van der Waals surface area contributed by atoms with Gasteiger partial charge in [0.15, 0.2) is 0 Å². The van der Waals surface area contributed by atoms with E-state index in [0.29, 0.717) is 50.1 Å². The third kappa shape index (κ3) is 4.83. The van der Waals surface area contributed by atoms with Crippen LogP contribution in [0.5, 0.6) is 0 Å². The lowest BCUT2D eigenvalue weighted by molar-refractivity contribution is 0.0293. The third-order valence-electron chi connectivity index (χ3n) is 6.66. The fourth-order valence-corrected chi connectivity index (χ4v) is 4.81. The Morgan fingerprint density at radius 2 is 1.97 bits per heavy atom. The minimum absolute atomic E-state index is 0.0297. The highest BCUT2D eigenvalue weighted by Crippen LogP contribution is 2.35. The van der Waals surface area contributed by atoms with Crippen molar-refractivity contribution in [3.05, 3.63) is 71.8 Å². The van der Waals surface area contributed by atoms with E-state index in [9.17, 15) is 20.0 Å². The Bertz CT molecular complexity index is 1220. The molecule has 2 aliphatic heterocycles. The van der Waals surface area contributed by atoms with Gasteiger partial charge in [-0.15, -0.1) is 5.23 Å². The average Bonchev–Trinajstić information content (AvgIpc) is 3.42. The zero-order valence-corrected chi connectivity index (χ0v) is 19.6. The summed E-state index contributed by atoms with van der Waals surface area (Å²) in [4.78, 5) is 35.9. The first-order valence-electron chi connectivity index (χ1n) is 11.9. The maximum absolute atomic E-state index is 12.6. The van der Waals surface area contributed by atoms with Crippen molar-refractivity contribution < 1.29 is 24.7 Å². The number of aromatic nitrogens is 2. The molecule has 2 amide bonds. The van der Waals surface area contributed by atoms with Crippen molar-refractivity contribution in [3.8, 4) is 0 Å². The van der Waals surface area contributed by atoms with Gasteiger partial charge in [0.1, 0.15) is 12.3 Å². The second-order valence-electron chi connectivity index (χ2n) is 8.85. The molecule has 11 heteroatoms. The van der Waals surface area contributed by atoms with Gasteiger partial charge >= 0.3 is 6.09 Å². The molecule has 0 unspecified atom stereocenters. The predicted molar refractivity (Wildman–Crippen MR) is 131 cm³/mol. The van der Waals surface area contributed by atoms with Gasteiger partial charge in [-0.25, -0.2) is 9.78 Å². The Kier molecular flexibility index (Phi) is 6.74. The zero-order valence-electron chi connectivity index (χ0n) is 19.6. The molecule has 0 atom stereocenters. The molecule has 1 saturated heterocycles. The van der Waals surface area contributed by atoms with Crippen molar-refractivity contribution in [3.63, 3.8) is 0 Å². The number of aromatic amines is 1. The molecule has 0 bridgehead atoms. The van der Waals surface area contributed by atoms with Crippen LogP contribution in [0.4, 0.5) is 21.9 Å². The van der Waals surface area contributed by atoms with E-state index in [0.717, 1.165) is 16.9 Å². The van der Waals surface area contributed by atoms with Gasteiger partial charge in [0, 0.05) is 55.1 Å². The Hall–Kier alpha value is -4.09. The smallest absolute Gasteiger partial charge is 0.414 e. The van der Waals surface area contributed by atoms with Crippen molar-refractivity contribution in [2.75, 3.05) is 34.7 Å². The van der Waals surface area contributed by atoms with Crippen LogP contribution in [0.15, 0.2) is 55.0 Å². The number of H-pyrrole nitrogens is 1. The Morgan fingerprint density at radius 3 is 2.72 bits per heavy atom. The fraction of sp³-hybridized carbons (Fsp3) is 0.320. The second kappa shape index (κ2) is 10.3. The van der Waals surface area contributed by atoms with Crippen LogP contribution < -0.4 is 20.3 Å². The molecule has 2 aromatic carbocycles. The van der Waals surface area contributed by atoms with Crippen molar-refractivity contribution in [2.45, 2.75) is 31.9 Å². The monoisotopic (exact) mass is 492 g/mol. The van der Waals surface area contributed by atoms with Gasteiger partial charge in [0.2, 0.25) is 0 Å². The number of carbonyl (C=O) groups excluding carboxylic acids is 2. The predicted octanol–water partition coefficient (Wildman–Crippen LogP) is 3.09. The molecule has 1 fully saturated rings. The van der Waals surface area contributed by atoms with E-state index in [4.69, 9.17) is 4.74 Å². The number of piperidine rings is 1. The van der Waals surface area contributed by atoms with E-state index in [2.05, 4.69) is 15.3 Å². The van der Waals surface area contributed by atoms with E-state index < -0.39 is 0 Å². The van der Waals surface area contributed by atoms with Gasteiger partial charge < -0.3 is 19.9 Å². The number of cyclic esters (lactones) is 1. The number of hydrogen-bond donors (Lipinski definition) is 4. The van der Waals surface area contributed by atoms with Crippen LogP contribution in [0.3, 0.4) is 0 Å². The summed E-state index contributed by atoms with van der Waals surface area (Å²) in [5.41, 5.74) is 3.79. The highest BCUT2D eigenvalue weighted by Gasteiger charge is 2.34. The molecule has 0 spiro atoms. The molecule has 3 heterocycles. The number of benzene rings is 2. The minimum atomic E-state index is -0.340. The molecule has 4 N–H and O–H groups in total. The fourth-order valence-electron chi connectivity index (χ4n) is 4.81. The summed E-state index contributed by atoms with van der Waals surface area (Å²) in [6, 6.07) is 12.5. The number of amides is 2. The molecule has 0 saturated carbocycles. The molecule has 3 aromatic rings. The van der Waals surface area contributed by atoms with Crippen LogP contribution in [0, 0.1) is 0 Å². The number of nitrogens with one attached hydrogen (secondary N) is 2. The molecule has 2 aliphatic rings.